The standard InChI is InChI=1S/C17H22N4O2/c1-13-16(11-18-20(13)2)17(22)19-15-5-3-4-14(10-15)12-21-6-8-23-9-7-21/h3-5,10-11H,6-9,12H2,1-2H3,(H,19,22). The molecule has 1 aromatic heterocycles. The predicted octanol–water partition coefficient (Wildman–Crippen LogP) is 1.81. The van der Waals surface area contributed by atoms with Crippen LogP contribution in [0.15, 0.2) is 30.5 Å². The fourth-order valence-electron chi connectivity index (χ4n) is 2.68. The van der Waals surface area contributed by atoms with Gasteiger partial charge >= 0.3 is 0 Å². The molecular weight excluding hydrogens is 292 g/mol. The van der Waals surface area contributed by atoms with E-state index in [1.54, 1.807) is 10.9 Å². The Morgan fingerprint density at radius 2 is 2.13 bits per heavy atom. The van der Waals surface area contributed by atoms with Gasteiger partial charge in [-0.25, -0.2) is 0 Å². The minimum Gasteiger partial charge on any atom is -0.379 e. The monoisotopic (exact) mass is 314 g/mol. The largest absolute Gasteiger partial charge is 0.379 e. The SMILES string of the molecule is Cc1c(C(=O)Nc2cccc(CN3CCOCC3)c2)cnn1C. The molecule has 1 aromatic carbocycles. The maximum absolute atomic E-state index is 12.4. The van der Waals surface area contributed by atoms with Gasteiger partial charge in [0.1, 0.15) is 0 Å². The number of ether oxygens (including phenoxy) is 1. The van der Waals surface area contributed by atoms with E-state index in [0.717, 1.165) is 44.2 Å². The summed E-state index contributed by atoms with van der Waals surface area (Å²) in [6.07, 6.45) is 1.60. The molecule has 1 amide bonds. The van der Waals surface area contributed by atoms with Crippen LogP contribution in [-0.2, 0) is 18.3 Å². The molecule has 0 radical (unpaired) electrons. The number of aryl methyl sites for hydroxylation is 1. The molecule has 1 fully saturated rings. The van der Waals surface area contributed by atoms with Crippen LogP contribution in [0.25, 0.3) is 0 Å². The maximum Gasteiger partial charge on any atom is 0.259 e. The third-order valence-corrected chi connectivity index (χ3v) is 4.17. The topological polar surface area (TPSA) is 59.4 Å². The first kappa shape index (κ1) is 15.7. The Balaban J connectivity index is 1.67. The average molecular weight is 314 g/mol. The Bertz CT molecular complexity index is 690. The molecule has 122 valence electrons. The van der Waals surface area contributed by atoms with Crippen molar-refractivity contribution in [3.63, 3.8) is 0 Å². The van der Waals surface area contributed by atoms with Crippen molar-refractivity contribution in [1.82, 2.24) is 14.7 Å². The molecule has 23 heavy (non-hydrogen) atoms. The van der Waals surface area contributed by atoms with Gasteiger partial charge < -0.3 is 10.1 Å². The summed E-state index contributed by atoms with van der Waals surface area (Å²) < 4.78 is 7.07. The van der Waals surface area contributed by atoms with Crippen molar-refractivity contribution < 1.29 is 9.53 Å². The molecule has 0 atom stereocenters. The number of hydrogen-bond acceptors (Lipinski definition) is 4. The van der Waals surface area contributed by atoms with Crippen molar-refractivity contribution in [3.8, 4) is 0 Å². The number of hydrogen-bond donors (Lipinski definition) is 1. The van der Waals surface area contributed by atoms with E-state index >= 15 is 0 Å². The number of nitrogens with zero attached hydrogens (tertiary/aromatic N) is 3. The molecule has 1 aliphatic heterocycles. The lowest BCUT2D eigenvalue weighted by Gasteiger charge is -2.26. The molecule has 1 aliphatic rings. The molecule has 6 nitrogen and oxygen atoms in total. The summed E-state index contributed by atoms with van der Waals surface area (Å²) in [5.41, 5.74) is 3.45. The average Bonchev–Trinajstić information content (AvgIpc) is 2.88. The van der Waals surface area contributed by atoms with E-state index < -0.39 is 0 Å². The van der Waals surface area contributed by atoms with Gasteiger partial charge in [0.2, 0.25) is 0 Å². The van der Waals surface area contributed by atoms with Gasteiger partial charge in [0.15, 0.2) is 0 Å². The number of carbonyl (C=O) groups excluding carboxylic acids is 1. The van der Waals surface area contributed by atoms with Crippen molar-refractivity contribution in [1.29, 1.82) is 0 Å². The first-order chi connectivity index (χ1) is 11.1. The van der Waals surface area contributed by atoms with E-state index in [2.05, 4.69) is 21.4 Å². The Morgan fingerprint density at radius 3 is 2.83 bits per heavy atom. The van der Waals surface area contributed by atoms with Gasteiger partial charge in [0, 0.05) is 38.1 Å². The van der Waals surface area contributed by atoms with Crippen LogP contribution in [0, 0.1) is 6.92 Å². The summed E-state index contributed by atoms with van der Waals surface area (Å²) in [6, 6.07) is 7.99. The van der Waals surface area contributed by atoms with Gasteiger partial charge in [-0.1, -0.05) is 12.1 Å². The molecule has 3 rings (SSSR count). The number of amides is 1. The molecule has 0 unspecified atom stereocenters. The number of anilines is 1. The Hall–Kier alpha value is -2.18. The lowest BCUT2D eigenvalue weighted by Crippen LogP contribution is -2.35. The second-order valence-electron chi connectivity index (χ2n) is 5.81. The van der Waals surface area contributed by atoms with E-state index in [0.29, 0.717) is 5.56 Å². The minimum absolute atomic E-state index is 0.126. The van der Waals surface area contributed by atoms with Gasteiger partial charge in [-0.15, -0.1) is 0 Å². The minimum atomic E-state index is -0.126. The number of benzene rings is 1. The highest BCUT2D eigenvalue weighted by molar-refractivity contribution is 6.04. The first-order valence-corrected chi connectivity index (χ1v) is 7.82. The Labute approximate surface area is 136 Å². The van der Waals surface area contributed by atoms with E-state index in [1.807, 2.05) is 32.2 Å². The molecule has 6 heteroatoms. The molecule has 2 heterocycles. The van der Waals surface area contributed by atoms with E-state index in [-0.39, 0.29) is 5.91 Å². The van der Waals surface area contributed by atoms with Crippen LogP contribution in [0.5, 0.6) is 0 Å². The smallest absolute Gasteiger partial charge is 0.259 e. The first-order valence-electron chi connectivity index (χ1n) is 7.82. The fourth-order valence-corrected chi connectivity index (χ4v) is 2.68. The van der Waals surface area contributed by atoms with Gasteiger partial charge in [0.05, 0.1) is 25.0 Å². The molecule has 0 saturated carbocycles. The number of carbonyl (C=O) groups is 1. The van der Waals surface area contributed by atoms with Crippen molar-refractivity contribution >= 4 is 11.6 Å². The third-order valence-electron chi connectivity index (χ3n) is 4.17. The van der Waals surface area contributed by atoms with Crippen molar-refractivity contribution in [2.24, 2.45) is 7.05 Å². The second-order valence-corrected chi connectivity index (χ2v) is 5.81. The summed E-state index contributed by atoms with van der Waals surface area (Å²) in [5.74, 6) is -0.126. The van der Waals surface area contributed by atoms with Crippen LogP contribution >= 0.6 is 0 Å². The van der Waals surface area contributed by atoms with Crippen LogP contribution < -0.4 is 5.32 Å². The van der Waals surface area contributed by atoms with Crippen LogP contribution in [0.1, 0.15) is 21.6 Å². The number of morpholine rings is 1. The van der Waals surface area contributed by atoms with E-state index in [4.69, 9.17) is 4.74 Å². The van der Waals surface area contributed by atoms with Crippen molar-refractivity contribution in [2.75, 3.05) is 31.6 Å². The number of aromatic nitrogens is 2. The quantitative estimate of drug-likeness (QED) is 0.935. The van der Waals surface area contributed by atoms with Crippen molar-refractivity contribution in [3.05, 3.63) is 47.3 Å². The molecule has 0 bridgehead atoms. The van der Waals surface area contributed by atoms with Crippen molar-refractivity contribution in [2.45, 2.75) is 13.5 Å². The highest BCUT2D eigenvalue weighted by atomic mass is 16.5. The third kappa shape index (κ3) is 3.78. The summed E-state index contributed by atoms with van der Waals surface area (Å²) >= 11 is 0. The van der Waals surface area contributed by atoms with E-state index in [1.165, 1.54) is 5.56 Å². The second kappa shape index (κ2) is 6.93. The van der Waals surface area contributed by atoms with Gasteiger partial charge in [-0.05, 0) is 24.6 Å². The molecule has 1 N–H and O–H groups in total. The molecule has 0 aliphatic carbocycles. The lowest BCUT2D eigenvalue weighted by atomic mass is 10.1. The number of rotatable bonds is 4. The lowest BCUT2D eigenvalue weighted by molar-refractivity contribution is 0.0342. The van der Waals surface area contributed by atoms with E-state index in [9.17, 15) is 4.79 Å². The zero-order valence-electron chi connectivity index (χ0n) is 13.6. The summed E-state index contributed by atoms with van der Waals surface area (Å²) in [4.78, 5) is 14.7. The summed E-state index contributed by atoms with van der Waals surface area (Å²) in [7, 11) is 1.83. The van der Waals surface area contributed by atoms with Crippen LogP contribution in [-0.4, -0.2) is 46.9 Å². The normalized spacial score (nSPS) is 15.6. The van der Waals surface area contributed by atoms with Gasteiger partial charge in [-0.3, -0.25) is 14.4 Å². The zero-order valence-corrected chi connectivity index (χ0v) is 13.6. The number of nitrogens with one attached hydrogen (secondary N) is 1. The summed E-state index contributed by atoms with van der Waals surface area (Å²) in [5, 5.41) is 7.07. The predicted molar refractivity (Wildman–Crippen MR) is 88.4 cm³/mol. The van der Waals surface area contributed by atoms with Crippen LogP contribution in [0.2, 0.25) is 0 Å². The molecular formula is C17H22N4O2. The fraction of sp³-hybridized carbons (Fsp3) is 0.412. The van der Waals surface area contributed by atoms with Gasteiger partial charge in [0.25, 0.3) is 5.91 Å². The van der Waals surface area contributed by atoms with Gasteiger partial charge in [-0.2, -0.15) is 5.10 Å². The zero-order chi connectivity index (χ0) is 16.2. The van der Waals surface area contributed by atoms with Crippen LogP contribution in [0.3, 0.4) is 0 Å². The molecule has 1 saturated heterocycles. The molecule has 2 aromatic rings. The summed E-state index contributed by atoms with van der Waals surface area (Å²) in [6.45, 7) is 6.24. The Morgan fingerprint density at radius 1 is 1.35 bits per heavy atom. The Kier molecular flexibility index (Phi) is 4.73. The highest BCUT2D eigenvalue weighted by Crippen LogP contribution is 2.15. The maximum atomic E-state index is 12.4. The molecule has 0 spiro atoms. The van der Waals surface area contributed by atoms with Crippen LogP contribution in [0.4, 0.5) is 5.69 Å². The highest BCUT2D eigenvalue weighted by Gasteiger charge is 2.14.